The quantitative estimate of drug-likeness (QED) is 0.705. The van der Waals surface area contributed by atoms with Crippen LogP contribution >= 0.6 is 0 Å². The van der Waals surface area contributed by atoms with Crippen LogP contribution in [0.15, 0.2) is 71.9 Å². The number of rotatable bonds is 0. The number of carbonyl (C=O) groups excluding carboxylic acids is 1. The maximum Gasteiger partial charge on any atom is 0.182 e. The molecule has 3 aliphatic heterocycles. The van der Waals surface area contributed by atoms with Crippen LogP contribution in [0.1, 0.15) is 0 Å². The smallest absolute Gasteiger partial charge is 0.182 e. The van der Waals surface area contributed by atoms with E-state index in [2.05, 4.69) is 51.8 Å². The zero-order valence-electron chi connectivity index (χ0n) is 10.3. The SMILES string of the molecule is O=C1C=CC2=CN3C=CC4=CC=CCN4C3NC2=C1. The van der Waals surface area contributed by atoms with Gasteiger partial charge >= 0.3 is 0 Å². The van der Waals surface area contributed by atoms with Crippen LogP contribution in [0.25, 0.3) is 0 Å². The highest BCUT2D eigenvalue weighted by Crippen LogP contribution is 2.29. The van der Waals surface area contributed by atoms with Gasteiger partial charge in [-0.3, -0.25) is 4.79 Å². The molecule has 1 unspecified atom stereocenters. The highest BCUT2D eigenvalue weighted by atomic mass is 16.1. The first-order valence-corrected chi connectivity index (χ1v) is 6.33. The van der Waals surface area contributed by atoms with Crippen LogP contribution in [-0.4, -0.2) is 28.4 Å². The minimum Gasteiger partial charge on any atom is -0.347 e. The molecule has 0 radical (unpaired) electrons. The Balaban J connectivity index is 1.76. The molecule has 0 aromatic heterocycles. The summed E-state index contributed by atoms with van der Waals surface area (Å²) in [6.45, 7) is 0.866. The van der Waals surface area contributed by atoms with Gasteiger partial charge in [0.25, 0.3) is 0 Å². The normalized spacial score (nSPS) is 26.8. The van der Waals surface area contributed by atoms with E-state index < -0.39 is 0 Å². The molecule has 4 aliphatic rings. The number of nitrogens with one attached hydrogen (secondary N) is 1. The molecule has 0 amide bonds. The van der Waals surface area contributed by atoms with E-state index >= 15 is 0 Å². The predicted octanol–water partition coefficient (Wildman–Crippen LogP) is 1.36. The number of hydrogen-bond acceptors (Lipinski definition) is 4. The number of nitrogens with zero attached hydrogens (tertiary/aromatic N) is 2. The Labute approximate surface area is 111 Å². The summed E-state index contributed by atoms with van der Waals surface area (Å²) in [7, 11) is 0. The maximum absolute atomic E-state index is 11.5. The molecule has 94 valence electrons. The molecule has 0 aromatic carbocycles. The van der Waals surface area contributed by atoms with Crippen molar-refractivity contribution in [2.24, 2.45) is 0 Å². The minimum absolute atomic E-state index is 0.0359. The molecule has 1 atom stereocenters. The average Bonchev–Trinajstić information content (AvgIpc) is 2.45. The Morgan fingerprint density at radius 2 is 2.21 bits per heavy atom. The Morgan fingerprint density at radius 3 is 3.16 bits per heavy atom. The van der Waals surface area contributed by atoms with Crippen LogP contribution in [-0.2, 0) is 4.79 Å². The predicted molar refractivity (Wildman–Crippen MR) is 72.1 cm³/mol. The second-order valence-electron chi connectivity index (χ2n) is 4.83. The lowest BCUT2D eigenvalue weighted by molar-refractivity contribution is -0.110. The van der Waals surface area contributed by atoms with E-state index in [-0.39, 0.29) is 12.1 Å². The van der Waals surface area contributed by atoms with Crippen molar-refractivity contribution >= 4 is 5.78 Å². The molecule has 0 fully saturated rings. The Bertz CT molecular complexity index is 634. The zero-order valence-corrected chi connectivity index (χ0v) is 10.3. The van der Waals surface area contributed by atoms with Crippen molar-refractivity contribution in [1.29, 1.82) is 0 Å². The van der Waals surface area contributed by atoms with Crippen LogP contribution in [0.5, 0.6) is 0 Å². The lowest BCUT2D eigenvalue weighted by atomic mass is 10.0. The van der Waals surface area contributed by atoms with Crippen molar-refractivity contribution in [1.82, 2.24) is 15.1 Å². The van der Waals surface area contributed by atoms with Crippen molar-refractivity contribution in [2.75, 3.05) is 6.54 Å². The maximum atomic E-state index is 11.5. The van der Waals surface area contributed by atoms with Crippen LogP contribution in [0.4, 0.5) is 0 Å². The second-order valence-corrected chi connectivity index (χ2v) is 4.83. The van der Waals surface area contributed by atoms with Crippen molar-refractivity contribution in [3.8, 4) is 0 Å². The minimum atomic E-state index is 0.0359. The van der Waals surface area contributed by atoms with Crippen molar-refractivity contribution < 1.29 is 4.79 Å². The number of fused-ring (bicyclic) bond motifs is 4. The van der Waals surface area contributed by atoms with E-state index in [4.69, 9.17) is 0 Å². The third-order valence-electron chi connectivity index (χ3n) is 3.63. The topological polar surface area (TPSA) is 35.6 Å². The summed E-state index contributed by atoms with van der Waals surface area (Å²) in [5, 5.41) is 3.43. The molecule has 0 spiro atoms. The van der Waals surface area contributed by atoms with Crippen LogP contribution < -0.4 is 5.32 Å². The van der Waals surface area contributed by atoms with Crippen LogP contribution in [0.2, 0.25) is 0 Å². The number of hydrogen-bond donors (Lipinski definition) is 1. The Morgan fingerprint density at radius 1 is 1.26 bits per heavy atom. The highest BCUT2D eigenvalue weighted by Gasteiger charge is 2.31. The molecular formula is C15H13N3O. The first-order valence-electron chi connectivity index (χ1n) is 6.33. The van der Waals surface area contributed by atoms with E-state index in [1.807, 2.05) is 6.08 Å². The van der Waals surface area contributed by atoms with E-state index in [0.717, 1.165) is 17.8 Å². The largest absolute Gasteiger partial charge is 0.347 e. The van der Waals surface area contributed by atoms with Gasteiger partial charge in [0, 0.05) is 42.0 Å². The molecule has 0 saturated heterocycles. The van der Waals surface area contributed by atoms with Gasteiger partial charge < -0.3 is 15.1 Å². The summed E-state index contributed by atoms with van der Waals surface area (Å²) >= 11 is 0. The summed E-state index contributed by atoms with van der Waals surface area (Å²) < 4.78 is 0. The van der Waals surface area contributed by atoms with Crippen LogP contribution in [0, 0.1) is 0 Å². The second kappa shape index (κ2) is 3.75. The van der Waals surface area contributed by atoms with Gasteiger partial charge in [-0.15, -0.1) is 0 Å². The van der Waals surface area contributed by atoms with Gasteiger partial charge in [-0.2, -0.15) is 0 Å². The fourth-order valence-electron chi connectivity index (χ4n) is 2.68. The third kappa shape index (κ3) is 1.57. The van der Waals surface area contributed by atoms with Gasteiger partial charge in [0.05, 0.1) is 0 Å². The molecule has 3 heterocycles. The molecule has 4 heteroatoms. The van der Waals surface area contributed by atoms with Crippen molar-refractivity contribution in [3.05, 3.63) is 71.9 Å². The average molecular weight is 251 g/mol. The Hall–Kier alpha value is -2.49. The van der Waals surface area contributed by atoms with Gasteiger partial charge in [-0.25, -0.2) is 0 Å². The molecule has 1 N–H and O–H groups in total. The number of carbonyl (C=O) groups is 1. The molecule has 19 heavy (non-hydrogen) atoms. The first kappa shape index (κ1) is 10.4. The molecule has 0 saturated carbocycles. The first-order chi connectivity index (χ1) is 9.31. The fourth-order valence-corrected chi connectivity index (χ4v) is 2.68. The van der Waals surface area contributed by atoms with Crippen LogP contribution in [0.3, 0.4) is 0 Å². The number of allylic oxidation sites excluding steroid dienone is 6. The molecule has 0 aromatic rings. The summed E-state index contributed by atoms with van der Waals surface area (Å²) in [6.07, 6.45) is 17.7. The lowest BCUT2D eigenvalue weighted by Gasteiger charge is -2.46. The van der Waals surface area contributed by atoms with E-state index in [0.29, 0.717) is 0 Å². The fraction of sp³-hybridized carbons (Fsp3) is 0.133. The summed E-state index contributed by atoms with van der Waals surface area (Å²) in [5.74, 6) is 0.0359. The van der Waals surface area contributed by atoms with E-state index in [1.54, 1.807) is 12.2 Å². The highest BCUT2D eigenvalue weighted by molar-refractivity contribution is 6.02. The summed E-state index contributed by atoms with van der Waals surface area (Å²) in [5.41, 5.74) is 3.13. The van der Waals surface area contributed by atoms with Crippen molar-refractivity contribution in [2.45, 2.75) is 6.29 Å². The number of ketones is 1. The van der Waals surface area contributed by atoms with Gasteiger partial charge in [0.2, 0.25) is 0 Å². The van der Waals surface area contributed by atoms with E-state index in [9.17, 15) is 4.79 Å². The molecule has 4 rings (SSSR count). The molecule has 4 nitrogen and oxygen atoms in total. The Kier molecular flexibility index (Phi) is 2.06. The molecule has 1 aliphatic carbocycles. The van der Waals surface area contributed by atoms with Gasteiger partial charge in [-0.1, -0.05) is 12.2 Å². The molecule has 0 bridgehead atoms. The third-order valence-corrected chi connectivity index (χ3v) is 3.63. The standard InChI is InChI=1S/C15H13N3O/c19-13-5-4-11-10-17-8-6-12-3-1-2-7-18(12)15(17)16-14(11)9-13/h1-6,8-10,15-16H,7H2. The van der Waals surface area contributed by atoms with E-state index in [1.165, 1.54) is 5.70 Å². The zero-order chi connectivity index (χ0) is 12.8. The summed E-state index contributed by atoms with van der Waals surface area (Å²) in [4.78, 5) is 15.9. The lowest BCUT2D eigenvalue weighted by Crippen LogP contribution is -2.56. The van der Waals surface area contributed by atoms with Gasteiger partial charge in [-0.05, 0) is 24.3 Å². The summed E-state index contributed by atoms with van der Waals surface area (Å²) in [6, 6.07) is 0. The van der Waals surface area contributed by atoms with Gasteiger partial charge in [0.1, 0.15) is 0 Å². The monoisotopic (exact) mass is 251 g/mol. The molecular weight excluding hydrogens is 238 g/mol. The van der Waals surface area contributed by atoms with Crippen molar-refractivity contribution in [3.63, 3.8) is 0 Å². The van der Waals surface area contributed by atoms with Gasteiger partial charge in [0.15, 0.2) is 12.1 Å².